The number of fused-ring (bicyclic) bond motifs is 1. The van der Waals surface area contributed by atoms with Gasteiger partial charge in [0.2, 0.25) is 0 Å². The minimum atomic E-state index is -1.27. The lowest BCUT2D eigenvalue weighted by molar-refractivity contribution is -0.385. The highest BCUT2D eigenvalue weighted by molar-refractivity contribution is 5.99. The number of hydrogen-bond donors (Lipinski definition) is 2. The molecule has 2 heterocycles. The molecule has 8 heteroatoms. The third-order valence-electron chi connectivity index (χ3n) is 4.71. The van der Waals surface area contributed by atoms with Crippen LogP contribution in [-0.2, 0) is 9.59 Å². The van der Waals surface area contributed by atoms with Gasteiger partial charge in [0.15, 0.2) is 0 Å². The van der Waals surface area contributed by atoms with E-state index in [9.17, 15) is 29.9 Å². The molecule has 1 saturated heterocycles. The highest BCUT2D eigenvalue weighted by atomic mass is 16.6. The van der Waals surface area contributed by atoms with Gasteiger partial charge in [-0.15, -0.1) is 0 Å². The third-order valence-corrected chi connectivity index (χ3v) is 4.71. The highest BCUT2D eigenvalue weighted by Crippen LogP contribution is 2.47. The normalized spacial score (nSPS) is 19.9. The van der Waals surface area contributed by atoms with E-state index in [0.29, 0.717) is 30.8 Å². The number of para-hydroxylation sites is 1. The van der Waals surface area contributed by atoms with E-state index in [1.807, 2.05) is 0 Å². The number of benzene rings is 1. The number of carbonyl (C=O) groups is 2. The maximum Gasteiger partial charge on any atom is 0.334 e. The molecule has 0 radical (unpaired) electrons. The minimum Gasteiger partial charge on any atom is -0.478 e. The van der Waals surface area contributed by atoms with Crippen molar-refractivity contribution in [3.63, 3.8) is 0 Å². The summed E-state index contributed by atoms with van der Waals surface area (Å²) in [6.45, 7) is 2.16. The van der Waals surface area contributed by atoms with Crippen LogP contribution in [0.2, 0.25) is 0 Å². The van der Waals surface area contributed by atoms with E-state index in [1.54, 1.807) is 17.9 Å². The third kappa shape index (κ3) is 2.55. The average Bonchev–Trinajstić information content (AvgIpc) is 3.03. The smallest absolute Gasteiger partial charge is 0.334 e. The first-order valence-corrected chi connectivity index (χ1v) is 7.75. The molecule has 0 saturated carbocycles. The summed E-state index contributed by atoms with van der Waals surface area (Å²) in [5, 5.41) is 30.9. The fourth-order valence-corrected chi connectivity index (χ4v) is 3.72. The van der Waals surface area contributed by atoms with Gasteiger partial charge in [-0.25, -0.2) is 9.59 Å². The van der Waals surface area contributed by atoms with Gasteiger partial charge in [0, 0.05) is 29.6 Å². The van der Waals surface area contributed by atoms with Crippen LogP contribution in [0, 0.1) is 10.1 Å². The maximum absolute atomic E-state index is 12.0. The van der Waals surface area contributed by atoms with E-state index in [0.717, 1.165) is 0 Å². The zero-order valence-electron chi connectivity index (χ0n) is 13.4. The Morgan fingerprint density at radius 1 is 1.20 bits per heavy atom. The van der Waals surface area contributed by atoms with Gasteiger partial charge in [0.1, 0.15) is 0 Å². The molecule has 1 unspecified atom stereocenters. The highest BCUT2D eigenvalue weighted by Gasteiger charge is 2.43. The Balaban J connectivity index is 2.34. The van der Waals surface area contributed by atoms with Gasteiger partial charge in [-0.05, 0) is 19.8 Å². The number of carboxylic acids is 2. The summed E-state index contributed by atoms with van der Waals surface area (Å²) in [7, 11) is 0. The van der Waals surface area contributed by atoms with Crippen molar-refractivity contribution in [1.29, 1.82) is 0 Å². The summed E-state index contributed by atoms with van der Waals surface area (Å²) in [6.07, 6.45) is 1.21. The number of nitro benzene ring substituents is 1. The van der Waals surface area contributed by atoms with Crippen molar-refractivity contribution in [3.05, 3.63) is 62.5 Å². The van der Waals surface area contributed by atoms with Crippen molar-refractivity contribution in [2.24, 2.45) is 0 Å². The van der Waals surface area contributed by atoms with E-state index in [4.69, 9.17) is 0 Å². The van der Waals surface area contributed by atoms with E-state index in [2.05, 4.69) is 0 Å². The van der Waals surface area contributed by atoms with E-state index >= 15 is 0 Å². The number of rotatable bonds is 4. The lowest BCUT2D eigenvalue weighted by Crippen LogP contribution is -2.32. The first-order valence-electron chi connectivity index (χ1n) is 7.75. The van der Waals surface area contributed by atoms with Gasteiger partial charge in [-0.2, -0.15) is 0 Å². The average molecular weight is 344 g/mol. The number of hydrogen-bond acceptors (Lipinski definition) is 5. The van der Waals surface area contributed by atoms with Crippen molar-refractivity contribution in [2.75, 3.05) is 6.54 Å². The first kappa shape index (κ1) is 16.7. The minimum absolute atomic E-state index is 0.0840. The fraction of sp³-hybridized carbons (Fsp3) is 0.294. The molecule has 3 rings (SSSR count). The summed E-state index contributed by atoms with van der Waals surface area (Å²) in [4.78, 5) is 36.4. The van der Waals surface area contributed by atoms with Crippen molar-refractivity contribution < 1.29 is 24.7 Å². The molecule has 2 N–H and O–H groups in total. The molecule has 1 atom stereocenters. The van der Waals surface area contributed by atoms with Crippen molar-refractivity contribution in [2.45, 2.75) is 25.7 Å². The molecule has 1 aromatic rings. The monoisotopic (exact) mass is 344 g/mol. The Labute approximate surface area is 142 Å². The molecular formula is C17H16N2O6. The number of carboxylic acid groups (broad SMARTS) is 2. The quantitative estimate of drug-likeness (QED) is 0.635. The van der Waals surface area contributed by atoms with Crippen LogP contribution < -0.4 is 0 Å². The molecule has 8 nitrogen and oxygen atoms in total. The molecule has 2 aliphatic heterocycles. The van der Waals surface area contributed by atoms with Crippen LogP contribution >= 0.6 is 0 Å². The predicted octanol–water partition coefficient (Wildman–Crippen LogP) is 2.49. The van der Waals surface area contributed by atoms with Gasteiger partial charge in [0.05, 0.1) is 22.0 Å². The van der Waals surface area contributed by atoms with Crippen LogP contribution in [0.15, 0.2) is 46.8 Å². The summed E-state index contributed by atoms with van der Waals surface area (Å²) in [6, 6.07) is 5.70. The molecule has 1 fully saturated rings. The molecular weight excluding hydrogens is 328 g/mol. The van der Waals surface area contributed by atoms with Crippen molar-refractivity contribution in [3.8, 4) is 0 Å². The largest absolute Gasteiger partial charge is 0.478 e. The number of nitrogens with zero attached hydrogens (tertiary/aromatic N) is 2. The topological polar surface area (TPSA) is 121 Å². The van der Waals surface area contributed by atoms with Gasteiger partial charge in [-0.3, -0.25) is 10.1 Å². The number of allylic oxidation sites excluding steroid dienone is 2. The van der Waals surface area contributed by atoms with Crippen molar-refractivity contribution >= 4 is 17.6 Å². The Bertz CT molecular complexity index is 854. The molecule has 0 aromatic heterocycles. The first-order chi connectivity index (χ1) is 11.8. The molecule has 2 aliphatic rings. The fourth-order valence-electron chi connectivity index (χ4n) is 3.72. The Hall–Kier alpha value is -3.16. The number of nitro groups is 1. The molecule has 0 spiro atoms. The maximum atomic E-state index is 12.0. The second-order valence-electron chi connectivity index (χ2n) is 5.97. The van der Waals surface area contributed by atoms with E-state index in [1.165, 1.54) is 18.2 Å². The molecule has 0 aliphatic carbocycles. The summed E-state index contributed by atoms with van der Waals surface area (Å²) < 4.78 is 0. The molecule has 1 aromatic carbocycles. The zero-order valence-corrected chi connectivity index (χ0v) is 13.4. The second-order valence-corrected chi connectivity index (χ2v) is 5.97. The van der Waals surface area contributed by atoms with Gasteiger partial charge in [-0.1, -0.05) is 18.2 Å². The van der Waals surface area contributed by atoms with Gasteiger partial charge in [0.25, 0.3) is 5.69 Å². The van der Waals surface area contributed by atoms with Gasteiger partial charge >= 0.3 is 11.9 Å². The molecule has 25 heavy (non-hydrogen) atoms. The van der Waals surface area contributed by atoms with Crippen LogP contribution in [0.1, 0.15) is 31.2 Å². The van der Waals surface area contributed by atoms with E-state index < -0.39 is 22.8 Å². The Morgan fingerprint density at radius 3 is 2.44 bits per heavy atom. The number of aliphatic carboxylic acids is 2. The van der Waals surface area contributed by atoms with Crippen molar-refractivity contribution in [1.82, 2.24) is 4.90 Å². The summed E-state index contributed by atoms with van der Waals surface area (Å²) in [5.41, 5.74) is 0.559. The second kappa shape index (κ2) is 6.04. The zero-order chi connectivity index (χ0) is 18.3. The molecule has 130 valence electrons. The Kier molecular flexibility index (Phi) is 4.03. The van der Waals surface area contributed by atoms with Gasteiger partial charge < -0.3 is 15.1 Å². The summed E-state index contributed by atoms with van der Waals surface area (Å²) >= 11 is 0. The van der Waals surface area contributed by atoms with Crippen LogP contribution in [0.25, 0.3) is 0 Å². The van der Waals surface area contributed by atoms with Crippen LogP contribution in [0.5, 0.6) is 0 Å². The Morgan fingerprint density at radius 2 is 1.84 bits per heavy atom. The SMILES string of the molecule is CC1=C(C(=O)O)C(c2ccccc2[N+](=O)[O-])C(C(=O)O)=C2CCCN12. The molecule has 0 bridgehead atoms. The van der Waals surface area contributed by atoms with E-state index in [-0.39, 0.29) is 22.4 Å². The van der Waals surface area contributed by atoms with Crippen LogP contribution in [0.4, 0.5) is 5.69 Å². The lowest BCUT2D eigenvalue weighted by Gasteiger charge is -2.34. The standard InChI is InChI=1S/C17H16N2O6/c1-9-13(16(20)21)14(10-5-2-3-6-11(10)19(24)25)15(17(22)23)12-7-4-8-18(9)12/h2-3,5-6,14H,4,7-8H2,1H3,(H,20,21)(H,22,23). The lowest BCUT2D eigenvalue weighted by atomic mass is 9.79. The van der Waals surface area contributed by atoms with Crippen LogP contribution in [0.3, 0.4) is 0 Å². The summed E-state index contributed by atoms with van der Waals surface area (Å²) in [5.74, 6) is -3.71. The molecule has 0 amide bonds. The van der Waals surface area contributed by atoms with Crippen LogP contribution in [-0.4, -0.2) is 38.5 Å². The predicted molar refractivity (Wildman–Crippen MR) is 86.8 cm³/mol.